The van der Waals surface area contributed by atoms with Gasteiger partial charge in [0.25, 0.3) is 0 Å². The van der Waals surface area contributed by atoms with Crippen molar-refractivity contribution >= 4 is 28.5 Å². The molecule has 0 aliphatic rings. The molecule has 1 N–H and O–H groups in total. The molecule has 0 amide bonds. The van der Waals surface area contributed by atoms with Crippen LogP contribution in [-0.2, 0) is 0 Å². The molecule has 0 bridgehead atoms. The predicted molar refractivity (Wildman–Crippen MR) is 79.1 cm³/mol. The zero-order valence-electron chi connectivity index (χ0n) is 10.4. The van der Waals surface area contributed by atoms with E-state index < -0.39 is 5.97 Å². The van der Waals surface area contributed by atoms with Gasteiger partial charge in [-0.25, -0.2) is 4.79 Å². The second-order valence-electron chi connectivity index (χ2n) is 4.38. The number of carboxylic acid groups (broad SMARTS) is 1. The van der Waals surface area contributed by atoms with Gasteiger partial charge in [-0.3, -0.25) is 4.98 Å². The Bertz CT molecular complexity index is 809. The molecule has 3 nitrogen and oxygen atoms in total. The van der Waals surface area contributed by atoms with Crippen molar-refractivity contribution in [1.82, 2.24) is 4.98 Å². The van der Waals surface area contributed by atoms with Gasteiger partial charge in [-0.1, -0.05) is 29.8 Å². The molecule has 3 aromatic rings. The molecule has 0 atom stereocenters. The maximum absolute atomic E-state index is 11.1. The molecule has 1 aromatic heterocycles. The molecule has 0 saturated carbocycles. The lowest BCUT2D eigenvalue weighted by atomic mass is 9.99. The minimum absolute atomic E-state index is 0.213. The Morgan fingerprint density at radius 3 is 2.70 bits per heavy atom. The maximum Gasteiger partial charge on any atom is 0.335 e. The summed E-state index contributed by atoms with van der Waals surface area (Å²) in [5.74, 6) is -0.971. The van der Waals surface area contributed by atoms with Crippen molar-refractivity contribution in [3.63, 3.8) is 0 Å². The minimum atomic E-state index is -0.971. The van der Waals surface area contributed by atoms with E-state index in [9.17, 15) is 4.79 Å². The van der Waals surface area contributed by atoms with Gasteiger partial charge in [-0.2, -0.15) is 0 Å². The smallest absolute Gasteiger partial charge is 0.335 e. The Morgan fingerprint density at radius 2 is 1.90 bits per heavy atom. The third kappa shape index (κ3) is 2.12. The van der Waals surface area contributed by atoms with E-state index >= 15 is 0 Å². The second-order valence-corrected chi connectivity index (χ2v) is 4.78. The highest BCUT2D eigenvalue weighted by Crippen LogP contribution is 2.33. The first-order chi connectivity index (χ1) is 9.66. The van der Waals surface area contributed by atoms with E-state index in [1.54, 1.807) is 18.3 Å². The van der Waals surface area contributed by atoms with Gasteiger partial charge in [0.05, 0.1) is 11.1 Å². The highest BCUT2D eigenvalue weighted by Gasteiger charge is 2.11. The summed E-state index contributed by atoms with van der Waals surface area (Å²) in [6.07, 6.45) is 1.72. The van der Waals surface area contributed by atoms with Crippen LogP contribution in [0.25, 0.3) is 22.0 Å². The molecule has 98 valence electrons. The fourth-order valence-corrected chi connectivity index (χ4v) is 2.42. The number of benzene rings is 2. The Kier molecular flexibility index (Phi) is 3.12. The largest absolute Gasteiger partial charge is 0.478 e. The summed E-state index contributed by atoms with van der Waals surface area (Å²) in [6, 6.07) is 14.2. The molecular formula is C16H10ClNO2. The predicted octanol–water partition coefficient (Wildman–Crippen LogP) is 4.25. The van der Waals surface area contributed by atoms with Gasteiger partial charge in [0.1, 0.15) is 0 Å². The summed E-state index contributed by atoms with van der Waals surface area (Å²) in [5, 5.41) is 10.6. The van der Waals surface area contributed by atoms with Crippen LogP contribution in [0.2, 0.25) is 5.02 Å². The first-order valence-electron chi connectivity index (χ1n) is 6.04. The molecular weight excluding hydrogens is 274 g/mol. The van der Waals surface area contributed by atoms with Crippen LogP contribution >= 0.6 is 11.6 Å². The van der Waals surface area contributed by atoms with E-state index in [1.807, 2.05) is 30.3 Å². The van der Waals surface area contributed by atoms with Crippen LogP contribution in [-0.4, -0.2) is 16.1 Å². The van der Waals surface area contributed by atoms with Crippen molar-refractivity contribution < 1.29 is 9.90 Å². The molecule has 1 heterocycles. The Labute approximate surface area is 120 Å². The van der Waals surface area contributed by atoms with Crippen molar-refractivity contribution in [2.24, 2.45) is 0 Å². The number of aromatic carboxylic acids is 1. The molecule has 0 aliphatic heterocycles. The minimum Gasteiger partial charge on any atom is -0.478 e. The molecule has 0 fully saturated rings. The van der Waals surface area contributed by atoms with Crippen LogP contribution in [0.15, 0.2) is 54.7 Å². The number of fused-ring (bicyclic) bond motifs is 1. The Morgan fingerprint density at radius 1 is 1.05 bits per heavy atom. The number of nitrogens with zero attached hydrogens (tertiary/aromatic N) is 1. The average Bonchev–Trinajstić information content (AvgIpc) is 2.47. The summed E-state index contributed by atoms with van der Waals surface area (Å²) in [7, 11) is 0. The topological polar surface area (TPSA) is 50.2 Å². The molecule has 0 unspecified atom stereocenters. The van der Waals surface area contributed by atoms with E-state index in [2.05, 4.69) is 4.98 Å². The molecule has 0 aliphatic carbocycles. The Hall–Kier alpha value is -2.39. The summed E-state index contributed by atoms with van der Waals surface area (Å²) >= 11 is 6.22. The average molecular weight is 284 g/mol. The van der Waals surface area contributed by atoms with Crippen LogP contribution in [0.1, 0.15) is 10.4 Å². The normalized spacial score (nSPS) is 10.7. The summed E-state index contributed by atoms with van der Waals surface area (Å²) in [6.45, 7) is 0. The van der Waals surface area contributed by atoms with Gasteiger partial charge >= 0.3 is 5.97 Å². The maximum atomic E-state index is 11.1. The van der Waals surface area contributed by atoms with Gasteiger partial charge in [-0.15, -0.1) is 0 Å². The molecule has 0 saturated heterocycles. The van der Waals surface area contributed by atoms with Crippen molar-refractivity contribution in [1.29, 1.82) is 0 Å². The molecule has 0 radical (unpaired) electrons. The Balaban J connectivity index is 2.30. The number of rotatable bonds is 2. The number of carboxylic acids is 1. The lowest BCUT2D eigenvalue weighted by molar-refractivity contribution is 0.0697. The molecule has 0 spiro atoms. The van der Waals surface area contributed by atoms with Crippen molar-refractivity contribution in [3.8, 4) is 11.1 Å². The van der Waals surface area contributed by atoms with Crippen LogP contribution in [0, 0.1) is 0 Å². The fraction of sp³-hybridized carbons (Fsp3) is 0. The third-order valence-corrected chi connectivity index (χ3v) is 3.48. The lowest BCUT2D eigenvalue weighted by Gasteiger charge is -2.09. The number of hydrogen-bond acceptors (Lipinski definition) is 2. The highest BCUT2D eigenvalue weighted by molar-refractivity contribution is 6.33. The summed E-state index contributed by atoms with van der Waals surface area (Å²) in [5.41, 5.74) is 2.64. The number of hydrogen-bond donors (Lipinski definition) is 1. The quantitative estimate of drug-likeness (QED) is 0.765. The first kappa shape index (κ1) is 12.6. The zero-order chi connectivity index (χ0) is 14.1. The van der Waals surface area contributed by atoms with Gasteiger partial charge in [0.2, 0.25) is 0 Å². The lowest BCUT2D eigenvalue weighted by Crippen LogP contribution is -1.96. The molecule has 4 heteroatoms. The zero-order valence-corrected chi connectivity index (χ0v) is 11.1. The van der Waals surface area contributed by atoms with Gasteiger partial charge < -0.3 is 5.11 Å². The van der Waals surface area contributed by atoms with E-state index in [-0.39, 0.29) is 5.56 Å². The number of pyridine rings is 1. The van der Waals surface area contributed by atoms with E-state index in [0.717, 1.165) is 16.5 Å². The number of aromatic nitrogens is 1. The molecule has 2 aromatic carbocycles. The fourth-order valence-electron chi connectivity index (χ4n) is 2.20. The van der Waals surface area contributed by atoms with Crippen LogP contribution in [0.4, 0.5) is 0 Å². The first-order valence-corrected chi connectivity index (χ1v) is 6.41. The third-order valence-electron chi connectivity index (χ3n) is 3.15. The van der Waals surface area contributed by atoms with Crippen LogP contribution < -0.4 is 0 Å². The monoisotopic (exact) mass is 283 g/mol. The second kappa shape index (κ2) is 4.94. The number of carbonyl (C=O) groups is 1. The van der Waals surface area contributed by atoms with Gasteiger partial charge in [0, 0.05) is 22.2 Å². The molecule has 3 rings (SSSR count). The van der Waals surface area contributed by atoms with E-state index in [1.165, 1.54) is 6.07 Å². The highest BCUT2D eigenvalue weighted by atomic mass is 35.5. The van der Waals surface area contributed by atoms with Crippen LogP contribution in [0.5, 0.6) is 0 Å². The van der Waals surface area contributed by atoms with Crippen molar-refractivity contribution in [2.45, 2.75) is 0 Å². The van der Waals surface area contributed by atoms with E-state index in [4.69, 9.17) is 16.7 Å². The standard InChI is InChI=1S/C16H10ClNO2/c17-14-7-6-10(16(19)20)9-13(14)11-3-1-5-15-12(11)4-2-8-18-15/h1-9H,(H,19,20). The summed E-state index contributed by atoms with van der Waals surface area (Å²) < 4.78 is 0. The van der Waals surface area contributed by atoms with Gasteiger partial charge in [0.15, 0.2) is 0 Å². The SMILES string of the molecule is O=C(O)c1ccc(Cl)c(-c2cccc3ncccc23)c1. The number of halogens is 1. The van der Waals surface area contributed by atoms with Crippen LogP contribution in [0.3, 0.4) is 0 Å². The van der Waals surface area contributed by atoms with Crippen molar-refractivity contribution in [2.75, 3.05) is 0 Å². The molecule has 20 heavy (non-hydrogen) atoms. The van der Waals surface area contributed by atoms with Crippen molar-refractivity contribution in [3.05, 3.63) is 65.3 Å². The summed E-state index contributed by atoms with van der Waals surface area (Å²) in [4.78, 5) is 15.4. The van der Waals surface area contributed by atoms with E-state index in [0.29, 0.717) is 10.6 Å². The van der Waals surface area contributed by atoms with Gasteiger partial charge in [-0.05, 0) is 35.9 Å².